The maximum absolute atomic E-state index is 6.16. The molecule has 0 spiro atoms. The van der Waals surface area contributed by atoms with Crippen LogP contribution in [0.15, 0.2) is 18.2 Å². The Balaban J connectivity index is 2.06. The maximum atomic E-state index is 6.16. The van der Waals surface area contributed by atoms with Gasteiger partial charge in [0, 0.05) is 37.5 Å². The van der Waals surface area contributed by atoms with Crippen LogP contribution >= 0.6 is 11.6 Å². The van der Waals surface area contributed by atoms with Gasteiger partial charge in [0.2, 0.25) is 0 Å². The van der Waals surface area contributed by atoms with Gasteiger partial charge in [0.1, 0.15) is 0 Å². The largest absolute Gasteiger partial charge is 0.376 e. The molecular formula is C16H25ClN2O. The third kappa shape index (κ3) is 4.37. The minimum Gasteiger partial charge on any atom is -0.376 e. The van der Waals surface area contributed by atoms with Crippen LogP contribution in [0.2, 0.25) is 5.02 Å². The average molecular weight is 297 g/mol. The summed E-state index contributed by atoms with van der Waals surface area (Å²) in [7, 11) is 2.12. The highest BCUT2D eigenvalue weighted by Gasteiger charge is 2.17. The average Bonchev–Trinajstić information content (AvgIpc) is 2.47. The van der Waals surface area contributed by atoms with Gasteiger partial charge < -0.3 is 15.0 Å². The van der Waals surface area contributed by atoms with Gasteiger partial charge in [-0.1, -0.05) is 24.6 Å². The summed E-state index contributed by atoms with van der Waals surface area (Å²) in [5.41, 5.74) is 2.49. The molecule has 0 bridgehead atoms. The van der Waals surface area contributed by atoms with E-state index in [0.29, 0.717) is 6.10 Å². The molecule has 0 aromatic heterocycles. The van der Waals surface area contributed by atoms with Crippen molar-refractivity contribution in [3.05, 3.63) is 28.8 Å². The normalized spacial score (nSPS) is 19.1. The molecule has 1 fully saturated rings. The van der Waals surface area contributed by atoms with Crippen LogP contribution in [-0.2, 0) is 11.3 Å². The quantitative estimate of drug-likeness (QED) is 0.870. The molecule has 1 aromatic carbocycles. The highest BCUT2D eigenvalue weighted by Crippen LogP contribution is 2.25. The van der Waals surface area contributed by atoms with Crippen LogP contribution in [0.25, 0.3) is 0 Å². The molecule has 1 saturated heterocycles. The van der Waals surface area contributed by atoms with Gasteiger partial charge in [-0.15, -0.1) is 0 Å². The first-order chi connectivity index (χ1) is 9.70. The summed E-state index contributed by atoms with van der Waals surface area (Å²) in [5, 5.41) is 4.17. The maximum Gasteiger partial charge on any atom is 0.0749 e. The topological polar surface area (TPSA) is 24.5 Å². The zero-order valence-electron chi connectivity index (χ0n) is 12.5. The van der Waals surface area contributed by atoms with Crippen molar-refractivity contribution in [3.63, 3.8) is 0 Å². The summed E-state index contributed by atoms with van der Waals surface area (Å²) in [6.07, 6.45) is 3.98. The van der Waals surface area contributed by atoms with Crippen molar-refractivity contribution >= 4 is 17.3 Å². The third-order valence-corrected chi connectivity index (χ3v) is 4.01. The number of nitrogens with one attached hydrogen (secondary N) is 1. The van der Waals surface area contributed by atoms with E-state index >= 15 is 0 Å². The minimum atomic E-state index is 0.347. The van der Waals surface area contributed by atoms with Crippen molar-refractivity contribution in [1.82, 2.24) is 5.32 Å². The number of ether oxygens (including phenoxy) is 1. The van der Waals surface area contributed by atoms with E-state index in [2.05, 4.69) is 36.3 Å². The Bertz CT molecular complexity index is 419. The molecule has 4 heteroatoms. The standard InChI is InChI=1S/C16H25ClN2O/c1-3-18-11-13-7-8-14(17)10-16(13)19(2)12-15-6-4-5-9-20-15/h7-8,10,15,18H,3-6,9,11-12H2,1-2H3. The Morgan fingerprint density at radius 2 is 2.25 bits per heavy atom. The van der Waals surface area contributed by atoms with Crippen LogP contribution in [0, 0.1) is 0 Å². The van der Waals surface area contributed by atoms with E-state index in [4.69, 9.17) is 16.3 Å². The lowest BCUT2D eigenvalue weighted by Gasteiger charge is -2.30. The number of hydrogen-bond acceptors (Lipinski definition) is 3. The second-order valence-electron chi connectivity index (χ2n) is 5.42. The van der Waals surface area contributed by atoms with Crippen molar-refractivity contribution in [2.24, 2.45) is 0 Å². The Labute approximate surface area is 127 Å². The van der Waals surface area contributed by atoms with Gasteiger partial charge in [-0.2, -0.15) is 0 Å². The molecule has 1 unspecified atom stereocenters. The molecule has 0 radical (unpaired) electrons. The molecule has 112 valence electrons. The second-order valence-corrected chi connectivity index (χ2v) is 5.86. The number of anilines is 1. The van der Waals surface area contributed by atoms with Crippen LogP contribution in [0.1, 0.15) is 31.7 Å². The number of rotatable bonds is 6. The molecule has 1 aliphatic rings. The molecule has 1 aliphatic heterocycles. The highest BCUT2D eigenvalue weighted by atomic mass is 35.5. The highest BCUT2D eigenvalue weighted by molar-refractivity contribution is 6.30. The zero-order valence-corrected chi connectivity index (χ0v) is 13.2. The van der Waals surface area contributed by atoms with Crippen LogP contribution in [0.4, 0.5) is 5.69 Å². The molecule has 1 aromatic rings. The Morgan fingerprint density at radius 3 is 2.95 bits per heavy atom. The molecule has 1 heterocycles. The van der Waals surface area contributed by atoms with Crippen LogP contribution in [0.3, 0.4) is 0 Å². The summed E-state index contributed by atoms with van der Waals surface area (Å²) in [6.45, 7) is 5.79. The molecule has 0 amide bonds. The van der Waals surface area contributed by atoms with Crippen molar-refractivity contribution in [1.29, 1.82) is 0 Å². The van der Waals surface area contributed by atoms with E-state index in [1.54, 1.807) is 0 Å². The molecular weight excluding hydrogens is 272 g/mol. The van der Waals surface area contributed by atoms with Gasteiger partial charge in [-0.3, -0.25) is 0 Å². The van der Waals surface area contributed by atoms with Crippen molar-refractivity contribution < 1.29 is 4.74 Å². The van der Waals surface area contributed by atoms with Crippen molar-refractivity contribution in [2.75, 3.05) is 31.6 Å². The molecule has 1 atom stereocenters. The van der Waals surface area contributed by atoms with Gasteiger partial charge >= 0.3 is 0 Å². The van der Waals surface area contributed by atoms with E-state index in [1.165, 1.54) is 24.1 Å². The minimum absolute atomic E-state index is 0.347. The fourth-order valence-electron chi connectivity index (χ4n) is 2.66. The van der Waals surface area contributed by atoms with E-state index in [-0.39, 0.29) is 0 Å². The first-order valence-corrected chi connectivity index (χ1v) is 7.90. The van der Waals surface area contributed by atoms with Gasteiger partial charge in [0.15, 0.2) is 0 Å². The summed E-state index contributed by atoms with van der Waals surface area (Å²) in [4.78, 5) is 2.27. The van der Waals surface area contributed by atoms with Crippen molar-refractivity contribution in [2.45, 2.75) is 38.8 Å². The van der Waals surface area contributed by atoms with Crippen LogP contribution in [-0.4, -0.2) is 32.8 Å². The van der Waals surface area contributed by atoms with Crippen molar-refractivity contribution in [3.8, 4) is 0 Å². The molecule has 0 saturated carbocycles. The first-order valence-electron chi connectivity index (χ1n) is 7.52. The fourth-order valence-corrected chi connectivity index (χ4v) is 2.82. The summed E-state index contributed by atoms with van der Waals surface area (Å²) in [6, 6.07) is 6.12. The Morgan fingerprint density at radius 1 is 1.40 bits per heavy atom. The van der Waals surface area contributed by atoms with E-state index in [1.807, 2.05) is 6.07 Å². The third-order valence-electron chi connectivity index (χ3n) is 3.78. The summed E-state index contributed by atoms with van der Waals surface area (Å²) in [5.74, 6) is 0. The van der Waals surface area contributed by atoms with Crippen LogP contribution in [0.5, 0.6) is 0 Å². The molecule has 3 nitrogen and oxygen atoms in total. The van der Waals surface area contributed by atoms with Gasteiger partial charge in [0.05, 0.1) is 6.10 Å². The summed E-state index contributed by atoms with van der Waals surface area (Å²) >= 11 is 6.16. The predicted molar refractivity (Wildman–Crippen MR) is 85.7 cm³/mol. The van der Waals surface area contributed by atoms with Gasteiger partial charge in [-0.25, -0.2) is 0 Å². The lowest BCUT2D eigenvalue weighted by Crippen LogP contribution is -2.34. The van der Waals surface area contributed by atoms with E-state index < -0.39 is 0 Å². The first kappa shape index (κ1) is 15.6. The number of likely N-dealkylation sites (N-methyl/N-ethyl adjacent to an activating group) is 1. The lowest BCUT2D eigenvalue weighted by molar-refractivity contribution is 0.0216. The number of hydrogen-bond donors (Lipinski definition) is 1. The molecule has 1 N–H and O–H groups in total. The number of benzene rings is 1. The van der Waals surface area contributed by atoms with E-state index in [9.17, 15) is 0 Å². The van der Waals surface area contributed by atoms with Gasteiger partial charge in [-0.05, 0) is 43.5 Å². The number of nitrogens with zero attached hydrogens (tertiary/aromatic N) is 1. The van der Waals surface area contributed by atoms with Gasteiger partial charge in [0.25, 0.3) is 0 Å². The lowest BCUT2D eigenvalue weighted by atomic mass is 10.1. The second kappa shape index (κ2) is 7.87. The Kier molecular flexibility index (Phi) is 6.14. The SMILES string of the molecule is CCNCc1ccc(Cl)cc1N(C)CC1CCCCO1. The monoisotopic (exact) mass is 296 g/mol. The number of halogens is 1. The summed E-state index contributed by atoms with van der Waals surface area (Å²) < 4.78 is 5.83. The molecule has 2 rings (SSSR count). The fraction of sp³-hybridized carbons (Fsp3) is 0.625. The Hall–Kier alpha value is -0.770. The zero-order chi connectivity index (χ0) is 14.4. The van der Waals surface area contributed by atoms with Crippen LogP contribution < -0.4 is 10.2 Å². The predicted octanol–water partition coefficient (Wildman–Crippen LogP) is 3.45. The molecule has 20 heavy (non-hydrogen) atoms. The molecule has 0 aliphatic carbocycles. The van der Waals surface area contributed by atoms with E-state index in [0.717, 1.165) is 37.7 Å². The smallest absolute Gasteiger partial charge is 0.0749 e.